The fourth-order valence-corrected chi connectivity index (χ4v) is 2.33. The van der Waals surface area contributed by atoms with Gasteiger partial charge in [-0.3, -0.25) is 0 Å². The summed E-state index contributed by atoms with van der Waals surface area (Å²) in [5.74, 6) is -0.970. The van der Waals surface area contributed by atoms with Gasteiger partial charge in [0.25, 0.3) is 0 Å². The lowest BCUT2D eigenvalue weighted by atomic mass is 10.2. The maximum atomic E-state index is 10.8. The van der Waals surface area contributed by atoms with Crippen molar-refractivity contribution in [3.63, 3.8) is 0 Å². The molecule has 0 radical (unpaired) electrons. The van der Waals surface area contributed by atoms with Crippen molar-refractivity contribution in [3.8, 4) is 0 Å². The van der Waals surface area contributed by atoms with E-state index in [1.165, 1.54) is 12.1 Å². The van der Waals surface area contributed by atoms with Crippen molar-refractivity contribution in [2.24, 2.45) is 20.5 Å². The molecule has 0 atom stereocenters. The summed E-state index contributed by atoms with van der Waals surface area (Å²) in [5.41, 5.74) is 4.06. The minimum absolute atomic E-state index is 0.213. The van der Waals surface area contributed by atoms with E-state index >= 15 is 0 Å². The Morgan fingerprint density at radius 2 is 1.04 bits per heavy atom. The Hall–Kier alpha value is -3.93. The summed E-state index contributed by atoms with van der Waals surface area (Å²) in [7, 11) is 0. The Kier molecular flexibility index (Phi) is 6.15. The van der Waals surface area contributed by atoms with Crippen molar-refractivity contribution in [3.05, 3.63) is 90.0 Å². The van der Waals surface area contributed by atoms with Gasteiger partial charge in [-0.05, 0) is 73.2 Å². The molecule has 6 nitrogen and oxygen atoms in total. The molecule has 0 unspecified atom stereocenters. The van der Waals surface area contributed by atoms with Gasteiger partial charge in [-0.25, -0.2) is 4.79 Å². The van der Waals surface area contributed by atoms with E-state index in [1.807, 2.05) is 43.3 Å². The summed E-state index contributed by atoms with van der Waals surface area (Å²) in [4.78, 5) is 10.8. The molecule has 0 aliphatic carbocycles. The number of allylic oxidation sites excluding steroid dienone is 1. The summed E-state index contributed by atoms with van der Waals surface area (Å²) < 4.78 is 0. The Morgan fingerprint density at radius 3 is 1.39 bits per heavy atom. The molecule has 0 bridgehead atoms. The number of carbonyl (C=O) groups is 1. The molecule has 3 rings (SSSR count). The number of aromatic carboxylic acids is 1. The standard InChI is InChI=1S/C22H18N4O2/c1-2-3-16-4-8-18(9-5-16)23-25-20-12-14-21(15-13-20)26-24-19-10-6-17(7-11-19)22(27)28/h2-15H,1H3,(H,27,28). The van der Waals surface area contributed by atoms with E-state index in [1.54, 1.807) is 36.4 Å². The van der Waals surface area contributed by atoms with Gasteiger partial charge in [-0.1, -0.05) is 24.3 Å². The van der Waals surface area contributed by atoms with Crippen LogP contribution in [0.25, 0.3) is 6.08 Å². The van der Waals surface area contributed by atoms with Crippen LogP contribution in [0.15, 0.2) is 99.3 Å². The SMILES string of the molecule is CC=Cc1ccc(N=Nc2ccc(N=Nc3ccc(C(=O)O)cc3)cc2)cc1. The smallest absolute Gasteiger partial charge is 0.335 e. The Morgan fingerprint density at radius 1 is 0.679 bits per heavy atom. The zero-order chi connectivity index (χ0) is 19.8. The number of nitrogens with zero attached hydrogens (tertiary/aromatic N) is 4. The fraction of sp³-hybridized carbons (Fsp3) is 0.0455. The minimum atomic E-state index is -0.970. The topological polar surface area (TPSA) is 86.7 Å². The van der Waals surface area contributed by atoms with Crippen molar-refractivity contribution in [1.29, 1.82) is 0 Å². The first-order valence-electron chi connectivity index (χ1n) is 8.64. The molecule has 0 saturated heterocycles. The zero-order valence-electron chi connectivity index (χ0n) is 15.2. The lowest BCUT2D eigenvalue weighted by molar-refractivity contribution is 0.0697. The minimum Gasteiger partial charge on any atom is -0.478 e. The highest BCUT2D eigenvalue weighted by Crippen LogP contribution is 2.24. The molecule has 0 fully saturated rings. The first kappa shape index (κ1) is 18.8. The molecule has 3 aromatic carbocycles. The first-order chi connectivity index (χ1) is 13.6. The van der Waals surface area contributed by atoms with E-state index < -0.39 is 5.97 Å². The van der Waals surface area contributed by atoms with Crippen LogP contribution in [0.1, 0.15) is 22.8 Å². The molecule has 6 heteroatoms. The van der Waals surface area contributed by atoms with Crippen LogP contribution in [-0.2, 0) is 0 Å². The summed E-state index contributed by atoms with van der Waals surface area (Å²) in [5, 5.41) is 25.6. The Bertz CT molecular complexity index is 1020. The largest absolute Gasteiger partial charge is 0.478 e. The lowest BCUT2D eigenvalue weighted by Crippen LogP contribution is -1.93. The van der Waals surface area contributed by atoms with E-state index in [0.29, 0.717) is 17.1 Å². The third-order valence-electron chi connectivity index (χ3n) is 3.78. The van der Waals surface area contributed by atoms with Crippen molar-refractivity contribution in [2.45, 2.75) is 6.92 Å². The van der Waals surface area contributed by atoms with Crippen LogP contribution in [0.3, 0.4) is 0 Å². The van der Waals surface area contributed by atoms with Gasteiger partial charge in [0.1, 0.15) is 0 Å². The van der Waals surface area contributed by atoms with Gasteiger partial charge in [0, 0.05) is 0 Å². The monoisotopic (exact) mass is 370 g/mol. The second-order valence-electron chi connectivity index (χ2n) is 5.86. The predicted molar refractivity (Wildman–Crippen MR) is 109 cm³/mol. The molecule has 0 aliphatic heterocycles. The molecule has 0 amide bonds. The van der Waals surface area contributed by atoms with Crippen LogP contribution >= 0.6 is 0 Å². The highest BCUT2D eigenvalue weighted by atomic mass is 16.4. The molecule has 0 aromatic heterocycles. The quantitative estimate of drug-likeness (QED) is 0.463. The highest BCUT2D eigenvalue weighted by molar-refractivity contribution is 5.87. The molecular formula is C22H18N4O2. The second kappa shape index (κ2) is 9.14. The maximum Gasteiger partial charge on any atom is 0.335 e. The van der Waals surface area contributed by atoms with E-state index in [2.05, 4.69) is 20.5 Å². The van der Waals surface area contributed by atoms with Gasteiger partial charge in [0.05, 0.1) is 28.3 Å². The van der Waals surface area contributed by atoms with Gasteiger partial charge in [-0.2, -0.15) is 20.5 Å². The average molecular weight is 370 g/mol. The summed E-state index contributed by atoms with van der Waals surface area (Å²) in [6, 6.07) is 21.2. The van der Waals surface area contributed by atoms with Crippen LogP contribution in [0, 0.1) is 0 Å². The van der Waals surface area contributed by atoms with Crippen molar-refractivity contribution in [1.82, 2.24) is 0 Å². The number of azo groups is 2. The van der Waals surface area contributed by atoms with Crippen LogP contribution < -0.4 is 0 Å². The Labute approximate surface area is 162 Å². The molecule has 0 heterocycles. The third-order valence-corrected chi connectivity index (χ3v) is 3.78. The number of hydrogen-bond donors (Lipinski definition) is 1. The van der Waals surface area contributed by atoms with Gasteiger partial charge in [0.2, 0.25) is 0 Å². The summed E-state index contributed by atoms with van der Waals surface area (Å²) in [6.07, 6.45) is 4.01. The summed E-state index contributed by atoms with van der Waals surface area (Å²) >= 11 is 0. The van der Waals surface area contributed by atoms with E-state index in [9.17, 15) is 4.79 Å². The third kappa shape index (κ3) is 5.28. The van der Waals surface area contributed by atoms with Crippen molar-refractivity contribution >= 4 is 34.8 Å². The second-order valence-corrected chi connectivity index (χ2v) is 5.86. The number of hydrogen-bond acceptors (Lipinski definition) is 5. The molecule has 0 aliphatic rings. The van der Waals surface area contributed by atoms with Crippen LogP contribution in [0.5, 0.6) is 0 Å². The van der Waals surface area contributed by atoms with E-state index in [0.717, 1.165) is 11.3 Å². The van der Waals surface area contributed by atoms with E-state index in [-0.39, 0.29) is 5.56 Å². The Balaban J connectivity index is 1.63. The first-order valence-corrected chi connectivity index (χ1v) is 8.64. The molecular weight excluding hydrogens is 352 g/mol. The van der Waals surface area contributed by atoms with Gasteiger partial charge in [0.15, 0.2) is 0 Å². The van der Waals surface area contributed by atoms with Gasteiger partial charge < -0.3 is 5.11 Å². The highest BCUT2D eigenvalue weighted by Gasteiger charge is 2.01. The molecule has 1 N–H and O–H groups in total. The fourth-order valence-electron chi connectivity index (χ4n) is 2.33. The van der Waals surface area contributed by atoms with Crippen molar-refractivity contribution in [2.75, 3.05) is 0 Å². The molecule has 28 heavy (non-hydrogen) atoms. The van der Waals surface area contributed by atoms with E-state index in [4.69, 9.17) is 5.11 Å². The normalized spacial score (nSPS) is 11.6. The zero-order valence-corrected chi connectivity index (χ0v) is 15.2. The number of carboxylic acids is 1. The molecule has 0 spiro atoms. The maximum absolute atomic E-state index is 10.8. The molecule has 3 aromatic rings. The van der Waals surface area contributed by atoms with Crippen LogP contribution in [0.4, 0.5) is 22.7 Å². The number of benzene rings is 3. The van der Waals surface area contributed by atoms with Crippen LogP contribution in [-0.4, -0.2) is 11.1 Å². The van der Waals surface area contributed by atoms with Gasteiger partial charge >= 0.3 is 5.97 Å². The van der Waals surface area contributed by atoms with Crippen LogP contribution in [0.2, 0.25) is 0 Å². The molecule has 138 valence electrons. The number of carboxylic acid groups (broad SMARTS) is 1. The predicted octanol–water partition coefficient (Wildman–Crippen LogP) is 7.25. The van der Waals surface area contributed by atoms with Gasteiger partial charge in [-0.15, -0.1) is 0 Å². The van der Waals surface area contributed by atoms with Crippen molar-refractivity contribution < 1.29 is 9.90 Å². The number of rotatable bonds is 6. The molecule has 0 saturated carbocycles. The average Bonchev–Trinajstić information content (AvgIpc) is 2.73. The summed E-state index contributed by atoms with van der Waals surface area (Å²) in [6.45, 7) is 1.98. The lowest BCUT2D eigenvalue weighted by Gasteiger charge is -1.97.